The van der Waals surface area contributed by atoms with Crippen LogP contribution in [0.4, 0.5) is 0 Å². The third kappa shape index (κ3) is 4.07. The summed E-state index contributed by atoms with van der Waals surface area (Å²) in [6.45, 7) is 5.05. The monoisotopic (exact) mass is 358 g/mol. The molecule has 138 valence electrons. The highest BCUT2D eigenvalue weighted by Crippen LogP contribution is 2.26. The molecule has 0 saturated carbocycles. The molecule has 0 bridgehead atoms. The molecule has 0 aliphatic carbocycles. The zero-order chi connectivity index (χ0) is 18.7. The topological polar surface area (TPSA) is 109 Å². The first-order valence-electron chi connectivity index (χ1n) is 8.67. The number of amides is 1. The quantitative estimate of drug-likeness (QED) is 0.841. The summed E-state index contributed by atoms with van der Waals surface area (Å²) < 4.78 is 5.21. The van der Waals surface area contributed by atoms with Crippen molar-refractivity contribution in [2.75, 3.05) is 13.1 Å². The van der Waals surface area contributed by atoms with Crippen molar-refractivity contribution < 1.29 is 19.2 Å². The Hall–Kier alpha value is -2.77. The van der Waals surface area contributed by atoms with Crippen LogP contribution < -0.4 is 0 Å². The van der Waals surface area contributed by atoms with Gasteiger partial charge in [-0.25, -0.2) is 9.97 Å². The summed E-state index contributed by atoms with van der Waals surface area (Å²) in [7, 11) is 0. The molecular formula is C18H22N4O4. The van der Waals surface area contributed by atoms with Gasteiger partial charge in [0.25, 0.3) is 0 Å². The van der Waals surface area contributed by atoms with E-state index in [2.05, 4.69) is 15.1 Å². The summed E-state index contributed by atoms with van der Waals surface area (Å²) in [5.74, 6) is 0.00958. The van der Waals surface area contributed by atoms with E-state index in [-0.39, 0.29) is 18.7 Å². The Labute approximate surface area is 151 Å². The highest BCUT2D eigenvalue weighted by atomic mass is 16.5. The van der Waals surface area contributed by atoms with E-state index < -0.39 is 5.97 Å². The van der Waals surface area contributed by atoms with Crippen molar-refractivity contribution in [1.29, 1.82) is 0 Å². The van der Waals surface area contributed by atoms with Gasteiger partial charge < -0.3 is 14.5 Å². The second kappa shape index (κ2) is 7.63. The molecule has 1 aliphatic heterocycles. The number of aryl methyl sites for hydroxylation is 2. The van der Waals surface area contributed by atoms with Crippen LogP contribution >= 0.6 is 0 Å². The van der Waals surface area contributed by atoms with Gasteiger partial charge in [-0.15, -0.1) is 0 Å². The highest BCUT2D eigenvalue weighted by Gasteiger charge is 2.27. The molecule has 1 fully saturated rings. The van der Waals surface area contributed by atoms with E-state index >= 15 is 0 Å². The van der Waals surface area contributed by atoms with Crippen LogP contribution in [0.2, 0.25) is 0 Å². The molecule has 0 radical (unpaired) electrons. The normalized spacial score (nSPS) is 16.8. The Balaban J connectivity index is 1.63. The van der Waals surface area contributed by atoms with Crippen molar-refractivity contribution in [2.24, 2.45) is 5.92 Å². The summed E-state index contributed by atoms with van der Waals surface area (Å²) >= 11 is 0. The Bertz CT molecular complexity index is 798. The first kappa shape index (κ1) is 18.0. The van der Waals surface area contributed by atoms with Gasteiger partial charge in [0.1, 0.15) is 12.1 Å². The van der Waals surface area contributed by atoms with Crippen LogP contribution in [0.1, 0.15) is 36.4 Å². The van der Waals surface area contributed by atoms with Gasteiger partial charge >= 0.3 is 5.97 Å². The molecule has 0 spiro atoms. The molecule has 2 aromatic rings. The van der Waals surface area contributed by atoms with Crippen LogP contribution in [0.3, 0.4) is 0 Å². The maximum absolute atomic E-state index is 12.1. The lowest BCUT2D eigenvalue weighted by atomic mass is 10.0. The lowest BCUT2D eigenvalue weighted by molar-refractivity contribution is -0.140. The summed E-state index contributed by atoms with van der Waals surface area (Å²) in [5.41, 5.74) is 3.40. The summed E-state index contributed by atoms with van der Waals surface area (Å²) in [4.78, 5) is 33.1. The van der Waals surface area contributed by atoms with Gasteiger partial charge in [0.05, 0.1) is 23.4 Å². The minimum atomic E-state index is -0.943. The number of carbonyl (C=O) groups excluding carboxylic acids is 1. The second-order valence-electron chi connectivity index (χ2n) is 6.69. The van der Waals surface area contributed by atoms with Crippen molar-refractivity contribution in [3.8, 4) is 11.3 Å². The van der Waals surface area contributed by atoms with Gasteiger partial charge in [-0.2, -0.15) is 0 Å². The average Bonchev–Trinajstić information content (AvgIpc) is 3.19. The van der Waals surface area contributed by atoms with Crippen LogP contribution in [0.15, 0.2) is 16.9 Å². The van der Waals surface area contributed by atoms with Crippen LogP contribution in [-0.4, -0.2) is 50.1 Å². The number of likely N-dealkylation sites (tertiary alicyclic amines) is 1. The number of aliphatic carboxylic acids is 1. The zero-order valence-corrected chi connectivity index (χ0v) is 14.9. The van der Waals surface area contributed by atoms with Crippen LogP contribution in [0.5, 0.6) is 0 Å². The predicted molar refractivity (Wildman–Crippen MR) is 92.3 cm³/mol. The third-order valence-corrected chi connectivity index (χ3v) is 4.70. The highest BCUT2D eigenvalue weighted by molar-refractivity contribution is 5.80. The van der Waals surface area contributed by atoms with E-state index in [0.717, 1.165) is 41.2 Å². The SMILES string of the molecule is Cc1noc(C)c1-c1cc(CC2CCN(C(=O)CCC(=O)O)C2)ncn1. The molecule has 1 N–H and O–H groups in total. The molecule has 2 aromatic heterocycles. The molecule has 1 unspecified atom stereocenters. The van der Waals surface area contributed by atoms with E-state index in [1.54, 1.807) is 11.2 Å². The van der Waals surface area contributed by atoms with Gasteiger partial charge in [-0.3, -0.25) is 9.59 Å². The Morgan fingerprint density at radius 1 is 1.31 bits per heavy atom. The van der Waals surface area contributed by atoms with Crippen LogP contribution in [0, 0.1) is 19.8 Å². The molecule has 0 aromatic carbocycles. The fourth-order valence-corrected chi connectivity index (χ4v) is 3.39. The minimum absolute atomic E-state index is 0.0613. The zero-order valence-electron chi connectivity index (χ0n) is 14.9. The molecule has 26 heavy (non-hydrogen) atoms. The first-order valence-corrected chi connectivity index (χ1v) is 8.67. The number of carboxylic acids is 1. The van der Waals surface area contributed by atoms with Crippen LogP contribution in [-0.2, 0) is 16.0 Å². The van der Waals surface area contributed by atoms with E-state index in [0.29, 0.717) is 19.0 Å². The Morgan fingerprint density at radius 2 is 2.12 bits per heavy atom. The lowest BCUT2D eigenvalue weighted by Crippen LogP contribution is -2.29. The largest absolute Gasteiger partial charge is 0.481 e. The van der Waals surface area contributed by atoms with Crippen molar-refractivity contribution in [3.05, 3.63) is 29.5 Å². The molecule has 1 saturated heterocycles. The number of rotatable bonds is 6. The maximum Gasteiger partial charge on any atom is 0.303 e. The fraction of sp³-hybridized carbons (Fsp3) is 0.500. The van der Waals surface area contributed by atoms with E-state index in [9.17, 15) is 9.59 Å². The number of hydrogen-bond donors (Lipinski definition) is 1. The van der Waals surface area contributed by atoms with Gasteiger partial charge in [0.2, 0.25) is 5.91 Å². The van der Waals surface area contributed by atoms with E-state index in [1.165, 1.54) is 0 Å². The van der Waals surface area contributed by atoms with Crippen molar-refractivity contribution in [1.82, 2.24) is 20.0 Å². The standard InChI is InChI=1S/C18H22N4O4/c1-11-18(12(2)26-21-11)15-8-14(19-10-20-15)7-13-5-6-22(9-13)16(23)3-4-17(24)25/h8,10,13H,3-7,9H2,1-2H3,(H,24,25). The van der Waals surface area contributed by atoms with Gasteiger partial charge in [0.15, 0.2) is 0 Å². The van der Waals surface area contributed by atoms with E-state index in [4.69, 9.17) is 9.63 Å². The Kier molecular flexibility index (Phi) is 5.29. The molecule has 3 heterocycles. The molecule has 1 aliphatic rings. The number of aromatic nitrogens is 3. The molecular weight excluding hydrogens is 336 g/mol. The number of carbonyl (C=O) groups is 2. The maximum atomic E-state index is 12.1. The average molecular weight is 358 g/mol. The van der Waals surface area contributed by atoms with Crippen molar-refractivity contribution >= 4 is 11.9 Å². The fourth-order valence-electron chi connectivity index (χ4n) is 3.39. The molecule has 3 rings (SSSR count). The van der Waals surface area contributed by atoms with Crippen molar-refractivity contribution in [3.63, 3.8) is 0 Å². The third-order valence-electron chi connectivity index (χ3n) is 4.70. The first-order chi connectivity index (χ1) is 12.4. The van der Waals surface area contributed by atoms with Gasteiger partial charge in [-0.1, -0.05) is 5.16 Å². The molecule has 8 heteroatoms. The number of carboxylic acid groups (broad SMARTS) is 1. The van der Waals surface area contributed by atoms with Gasteiger partial charge in [-0.05, 0) is 38.7 Å². The lowest BCUT2D eigenvalue weighted by Gasteiger charge is -2.16. The summed E-state index contributed by atoms with van der Waals surface area (Å²) in [6.07, 6.45) is 3.13. The minimum Gasteiger partial charge on any atom is -0.481 e. The molecule has 8 nitrogen and oxygen atoms in total. The molecule has 1 atom stereocenters. The predicted octanol–water partition coefficient (Wildman–Crippen LogP) is 2.00. The van der Waals surface area contributed by atoms with E-state index in [1.807, 2.05) is 19.9 Å². The van der Waals surface area contributed by atoms with Crippen molar-refractivity contribution in [2.45, 2.75) is 39.5 Å². The molecule has 1 amide bonds. The van der Waals surface area contributed by atoms with Crippen LogP contribution in [0.25, 0.3) is 11.3 Å². The number of nitrogens with zero attached hydrogens (tertiary/aromatic N) is 4. The number of hydrogen-bond acceptors (Lipinski definition) is 6. The second-order valence-corrected chi connectivity index (χ2v) is 6.69. The summed E-state index contributed by atoms with van der Waals surface area (Å²) in [6, 6.07) is 1.95. The summed E-state index contributed by atoms with van der Waals surface area (Å²) in [5, 5.41) is 12.7. The van der Waals surface area contributed by atoms with Gasteiger partial charge in [0, 0.05) is 25.2 Å². The smallest absolute Gasteiger partial charge is 0.303 e. The Morgan fingerprint density at radius 3 is 2.81 bits per heavy atom.